The van der Waals surface area contributed by atoms with Crippen LogP contribution in [0.3, 0.4) is 0 Å². The van der Waals surface area contributed by atoms with Crippen molar-refractivity contribution in [2.75, 3.05) is 11.9 Å². The number of aliphatic hydroxyl groups is 1. The minimum absolute atomic E-state index is 0.0658. The fraction of sp³-hybridized carbons (Fsp3) is 0.333. The van der Waals surface area contributed by atoms with Crippen molar-refractivity contribution in [3.8, 4) is 5.82 Å². The van der Waals surface area contributed by atoms with Gasteiger partial charge in [-0.15, -0.1) is 6.58 Å². The summed E-state index contributed by atoms with van der Waals surface area (Å²) in [5, 5.41) is 17.6. The fourth-order valence-electron chi connectivity index (χ4n) is 4.70. The molecule has 0 fully saturated rings. The van der Waals surface area contributed by atoms with E-state index in [1.165, 1.54) is 22.0 Å². The van der Waals surface area contributed by atoms with Crippen LogP contribution in [0.15, 0.2) is 60.0 Å². The van der Waals surface area contributed by atoms with Crippen LogP contribution in [-0.2, 0) is 24.1 Å². The number of pyridine rings is 1. The van der Waals surface area contributed by atoms with Crippen LogP contribution in [0.2, 0.25) is 0 Å². The molecule has 3 aromatic heterocycles. The molecule has 9 heteroatoms. The molecule has 0 unspecified atom stereocenters. The number of benzene rings is 1. The molecule has 5 rings (SSSR count). The van der Waals surface area contributed by atoms with Crippen molar-refractivity contribution in [3.63, 3.8) is 0 Å². The van der Waals surface area contributed by atoms with E-state index in [4.69, 9.17) is 4.98 Å². The van der Waals surface area contributed by atoms with Gasteiger partial charge in [0.1, 0.15) is 11.0 Å². The minimum Gasteiger partial charge on any atom is -0.384 e. The lowest BCUT2D eigenvalue weighted by molar-refractivity contribution is 0.0738. The van der Waals surface area contributed by atoms with Gasteiger partial charge in [-0.2, -0.15) is 4.98 Å². The molecule has 9 nitrogen and oxygen atoms in total. The lowest BCUT2D eigenvalue weighted by Crippen LogP contribution is -2.38. The third-order valence-corrected chi connectivity index (χ3v) is 6.53. The van der Waals surface area contributed by atoms with E-state index in [1.54, 1.807) is 42.8 Å². The van der Waals surface area contributed by atoms with Crippen LogP contribution >= 0.6 is 0 Å². The van der Waals surface area contributed by atoms with Crippen LogP contribution in [0, 0.1) is 0 Å². The number of rotatable bonds is 6. The van der Waals surface area contributed by atoms with Crippen LogP contribution in [0.4, 0.5) is 11.6 Å². The number of anilines is 2. The Bertz CT molecular complexity index is 1530. The third kappa shape index (κ3) is 4.20. The van der Waals surface area contributed by atoms with Gasteiger partial charge < -0.3 is 15.7 Å². The van der Waals surface area contributed by atoms with Crippen molar-refractivity contribution < 1.29 is 5.11 Å². The van der Waals surface area contributed by atoms with Crippen molar-refractivity contribution in [2.24, 2.45) is 0 Å². The molecule has 1 aliphatic rings. The Balaban J connectivity index is 1.60. The topological polar surface area (TPSA) is 110 Å². The number of hydrogen-bond acceptors (Lipinski definition) is 7. The van der Waals surface area contributed by atoms with Gasteiger partial charge in [-0.05, 0) is 49.2 Å². The predicted octanol–water partition coefficient (Wildman–Crippen LogP) is 3.52. The van der Waals surface area contributed by atoms with E-state index >= 15 is 0 Å². The molecule has 0 atom stereocenters. The lowest BCUT2D eigenvalue weighted by Gasteiger charge is -2.33. The van der Waals surface area contributed by atoms with E-state index < -0.39 is 5.60 Å². The molecule has 0 saturated heterocycles. The Labute approximate surface area is 209 Å². The van der Waals surface area contributed by atoms with Crippen molar-refractivity contribution in [2.45, 2.75) is 51.8 Å². The summed E-state index contributed by atoms with van der Waals surface area (Å²) in [6.45, 7) is 13.6. The van der Waals surface area contributed by atoms with Crippen molar-refractivity contribution in [3.05, 3.63) is 82.4 Å². The molecular formula is C27H31N7O2. The average Bonchev–Trinajstić information content (AvgIpc) is 3.09. The SMILES string of the molecule is C=CCn1c(=O)c2cnc(Nc3ccc4c(c3)CNCC4(C)C)nc2n1-c1cccc(C(C)(C)O)n1. The van der Waals surface area contributed by atoms with Gasteiger partial charge in [-0.25, -0.2) is 19.3 Å². The van der Waals surface area contributed by atoms with Gasteiger partial charge in [0, 0.05) is 30.4 Å². The zero-order chi connectivity index (χ0) is 25.7. The van der Waals surface area contributed by atoms with Crippen molar-refractivity contribution in [1.29, 1.82) is 0 Å². The van der Waals surface area contributed by atoms with Gasteiger partial charge in [0.2, 0.25) is 5.95 Å². The van der Waals surface area contributed by atoms with E-state index in [2.05, 4.69) is 53.2 Å². The number of allylic oxidation sites excluding steroid dienone is 1. The summed E-state index contributed by atoms with van der Waals surface area (Å²) in [5.41, 5.74) is 3.02. The molecule has 36 heavy (non-hydrogen) atoms. The zero-order valence-corrected chi connectivity index (χ0v) is 21.0. The van der Waals surface area contributed by atoms with Crippen LogP contribution < -0.4 is 16.2 Å². The van der Waals surface area contributed by atoms with Gasteiger partial charge >= 0.3 is 0 Å². The average molecular weight is 486 g/mol. The molecule has 0 amide bonds. The minimum atomic E-state index is -1.14. The highest BCUT2D eigenvalue weighted by Gasteiger charge is 2.27. The van der Waals surface area contributed by atoms with Gasteiger partial charge in [0.15, 0.2) is 11.5 Å². The van der Waals surface area contributed by atoms with E-state index in [0.717, 1.165) is 18.8 Å². The maximum atomic E-state index is 13.2. The first-order chi connectivity index (χ1) is 17.1. The van der Waals surface area contributed by atoms with Crippen LogP contribution in [0.1, 0.15) is 44.5 Å². The fourth-order valence-corrected chi connectivity index (χ4v) is 4.70. The number of aromatic nitrogens is 5. The molecule has 3 N–H and O–H groups in total. The molecule has 1 aliphatic heterocycles. The van der Waals surface area contributed by atoms with Gasteiger partial charge in [-0.1, -0.05) is 32.1 Å². The Kier molecular flexibility index (Phi) is 5.77. The second-order valence-corrected chi connectivity index (χ2v) is 10.3. The first kappa shape index (κ1) is 23.9. The lowest BCUT2D eigenvalue weighted by atomic mass is 9.79. The second-order valence-electron chi connectivity index (χ2n) is 10.3. The number of fused-ring (bicyclic) bond motifs is 2. The van der Waals surface area contributed by atoms with Crippen molar-refractivity contribution >= 4 is 22.7 Å². The molecule has 0 radical (unpaired) electrons. The highest BCUT2D eigenvalue weighted by Crippen LogP contribution is 2.32. The van der Waals surface area contributed by atoms with E-state index in [0.29, 0.717) is 28.5 Å². The summed E-state index contributed by atoms with van der Waals surface area (Å²) in [7, 11) is 0. The van der Waals surface area contributed by atoms with Gasteiger partial charge in [0.25, 0.3) is 5.56 Å². The van der Waals surface area contributed by atoms with E-state index in [9.17, 15) is 9.90 Å². The normalized spacial score (nSPS) is 15.0. The highest BCUT2D eigenvalue weighted by atomic mass is 16.3. The van der Waals surface area contributed by atoms with Crippen LogP contribution in [-0.4, -0.2) is 36.0 Å². The summed E-state index contributed by atoms with van der Waals surface area (Å²) in [6, 6.07) is 11.6. The summed E-state index contributed by atoms with van der Waals surface area (Å²) in [5.74, 6) is 0.837. The van der Waals surface area contributed by atoms with Gasteiger partial charge in [0.05, 0.1) is 12.2 Å². The Hall–Kier alpha value is -3.82. The van der Waals surface area contributed by atoms with Crippen molar-refractivity contribution in [1.82, 2.24) is 29.6 Å². The molecule has 1 aromatic carbocycles. The Morgan fingerprint density at radius 3 is 2.81 bits per heavy atom. The maximum Gasteiger partial charge on any atom is 0.278 e. The maximum absolute atomic E-state index is 13.2. The molecule has 4 aromatic rings. The molecule has 0 aliphatic carbocycles. The zero-order valence-electron chi connectivity index (χ0n) is 21.0. The first-order valence-electron chi connectivity index (χ1n) is 12.0. The quantitative estimate of drug-likeness (QED) is 0.359. The molecule has 0 spiro atoms. The highest BCUT2D eigenvalue weighted by molar-refractivity contribution is 5.77. The largest absolute Gasteiger partial charge is 0.384 e. The first-order valence-corrected chi connectivity index (χ1v) is 12.0. The summed E-state index contributed by atoms with van der Waals surface area (Å²) < 4.78 is 3.17. The number of nitrogens with zero attached hydrogens (tertiary/aromatic N) is 5. The number of nitrogens with one attached hydrogen (secondary N) is 2. The Morgan fingerprint density at radius 1 is 1.25 bits per heavy atom. The molecular weight excluding hydrogens is 454 g/mol. The molecule has 4 heterocycles. The second kappa shape index (κ2) is 8.69. The summed E-state index contributed by atoms with van der Waals surface area (Å²) >= 11 is 0. The third-order valence-electron chi connectivity index (χ3n) is 6.53. The van der Waals surface area contributed by atoms with E-state index in [-0.39, 0.29) is 17.5 Å². The molecule has 0 saturated carbocycles. The van der Waals surface area contributed by atoms with E-state index in [1.807, 2.05) is 6.07 Å². The molecule has 186 valence electrons. The standard InChI is InChI=1S/C27H31N7O2/c1-6-12-33-24(35)19-15-29-25(30-18-10-11-20-17(13-18)14-28-16-26(20,2)3)32-23(19)34(33)22-9-7-8-21(31-22)27(4,5)36/h6-11,13,15,28,36H,1,12,14,16H2,2-5H3,(H,29,30,32). The Morgan fingerprint density at radius 2 is 2.06 bits per heavy atom. The predicted molar refractivity (Wildman–Crippen MR) is 141 cm³/mol. The summed E-state index contributed by atoms with van der Waals surface area (Å²) in [4.78, 5) is 27.0. The van der Waals surface area contributed by atoms with Crippen LogP contribution in [0.5, 0.6) is 0 Å². The van der Waals surface area contributed by atoms with Crippen LogP contribution in [0.25, 0.3) is 16.9 Å². The monoisotopic (exact) mass is 485 g/mol. The van der Waals surface area contributed by atoms with Gasteiger partial charge in [-0.3, -0.25) is 4.79 Å². The number of hydrogen-bond donors (Lipinski definition) is 3. The summed E-state index contributed by atoms with van der Waals surface area (Å²) in [6.07, 6.45) is 3.18. The smallest absolute Gasteiger partial charge is 0.278 e. The molecule has 0 bridgehead atoms.